The molecule has 0 unspecified atom stereocenters. The standard InChI is InChI=1S/C20H17F5O3/c21-19(22,23)13-1-2-14-3-8-16(9-4-14)20(24,25)28-17-10-5-15(6-11-17)7-12-18(26)27/h3-12H,1-2,13H2,(H,26,27). The Bertz CT molecular complexity index is 809. The molecule has 0 aliphatic heterocycles. The Morgan fingerprint density at radius 2 is 1.57 bits per heavy atom. The number of rotatable bonds is 8. The van der Waals surface area contributed by atoms with Gasteiger partial charge in [-0.25, -0.2) is 4.79 Å². The second kappa shape index (κ2) is 8.86. The third-order valence-corrected chi connectivity index (χ3v) is 3.76. The Labute approximate surface area is 158 Å². The summed E-state index contributed by atoms with van der Waals surface area (Å²) in [5, 5.41) is 8.55. The Balaban J connectivity index is 1.99. The number of hydrogen-bond donors (Lipinski definition) is 1. The Hall–Kier alpha value is -2.90. The molecule has 0 atom stereocenters. The van der Waals surface area contributed by atoms with Gasteiger partial charge in [0.2, 0.25) is 0 Å². The van der Waals surface area contributed by atoms with Crippen LogP contribution < -0.4 is 4.74 Å². The zero-order chi connectivity index (χ0) is 20.8. The van der Waals surface area contributed by atoms with E-state index in [1.54, 1.807) is 0 Å². The lowest BCUT2D eigenvalue weighted by Gasteiger charge is -2.18. The summed E-state index contributed by atoms with van der Waals surface area (Å²) < 4.78 is 69.7. The molecule has 0 aliphatic carbocycles. The SMILES string of the molecule is O=C(O)C=Cc1ccc(OC(F)(F)c2ccc(CCCC(F)(F)F)cc2)cc1. The van der Waals surface area contributed by atoms with Crippen LogP contribution >= 0.6 is 0 Å². The summed E-state index contributed by atoms with van der Waals surface area (Å²) in [6.07, 6.45) is -6.55. The third kappa shape index (κ3) is 7.02. The van der Waals surface area contributed by atoms with Gasteiger partial charge in [-0.2, -0.15) is 22.0 Å². The highest BCUT2D eigenvalue weighted by molar-refractivity contribution is 5.85. The van der Waals surface area contributed by atoms with Crippen LogP contribution in [0.4, 0.5) is 22.0 Å². The molecule has 2 aromatic rings. The number of ether oxygens (including phenoxy) is 1. The van der Waals surface area contributed by atoms with Crippen molar-refractivity contribution < 1.29 is 36.6 Å². The van der Waals surface area contributed by atoms with E-state index in [-0.39, 0.29) is 18.6 Å². The topological polar surface area (TPSA) is 46.5 Å². The van der Waals surface area contributed by atoms with Crippen molar-refractivity contribution in [1.29, 1.82) is 0 Å². The molecule has 0 heterocycles. The molecular weight excluding hydrogens is 383 g/mol. The molecular formula is C20H17F5O3. The molecule has 0 saturated heterocycles. The van der Waals surface area contributed by atoms with Crippen molar-refractivity contribution in [3.8, 4) is 5.75 Å². The molecule has 0 fully saturated rings. The number of carboxylic acids is 1. The number of alkyl halides is 5. The van der Waals surface area contributed by atoms with Crippen LogP contribution in [0.25, 0.3) is 6.08 Å². The number of aliphatic carboxylic acids is 1. The van der Waals surface area contributed by atoms with Crippen LogP contribution in [0.5, 0.6) is 5.75 Å². The molecule has 0 saturated carbocycles. The lowest BCUT2D eigenvalue weighted by Crippen LogP contribution is -2.21. The second-order valence-corrected chi connectivity index (χ2v) is 6.03. The molecule has 150 valence electrons. The number of hydrogen-bond acceptors (Lipinski definition) is 2. The predicted molar refractivity (Wildman–Crippen MR) is 93.1 cm³/mol. The van der Waals surface area contributed by atoms with E-state index >= 15 is 0 Å². The monoisotopic (exact) mass is 400 g/mol. The van der Waals surface area contributed by atoms with E-state index in [4.69, 9.17) is 9.84 Å². The van der Waals surface area contributed by atoms with E-state index in [2.05, 4.69) is 0 Å². The molecule has 0 bridgehead atoms. The minimum atomic E-state index is -4.24. The minimum absolute atomic E-state index is 0.113. The van der Waals surface area contributed by atoms with Gasteiger partial charge in [0.1, 0.15) is 5.75 Å². The van der Waals surface area contributed by atoms with Gasteiger partial charge in [0.25, 0.3) is 0 Å². The highest BCUT2D eigenvalue weighted by Gasteiger charge is 2.34. The Morgan fingerprint density at radius 3 is 2.11 bits per heavy atom. The van der Waals surface area contributed by atoms with E-state index in [1.165, 1.54) is 42.5 Å². The minimum Gasteiger partial charge on any atom is -0.478 e. The van der Waals surface area contributed by atoms with Crippen LogP contribution in [-0.2, 0) is 17.3 Å². The van der Waals surface area contributed by atoms with Gasteiger partial charge in [-0.15, -0.1) is 0 Å². The fourth-order valence-corrected chi connectivity index (χ4v) is 2.38. The van der Waals surface area contributed by atoms with Gasteiger partial charge < -0.3 is 9.84 Å². The van der Waals surface area contributed by atoms with Gasteiger partial charge >= 0.3 is 18.3 Å². The average molecular weight is 400 g/mol. The number of benzene rings is 2. The molecule has 28 heavy (non-hydrogen) atoms. The maximum absolute atomic E-state index is 14.3. The van der Waals surface area contributed by atoms with Gasteiger partial charge in [-0.1, -0.05) is 24.3 Å². The first-order valence-electron chi connectivity index (χ1n) is 8.29. The van der Waals surface area contributed by atoms with Crippen molar-refractivity contribution in [1.82, 2.24) is 0 Å². The van der Waals surface area contributed by atoms with Crippen molar-refractivity contribution in [2.75, 3.05) is 0 Å². The summed E-state index contributed by atoms with van der Waals surface area (Å²) in [5.41, 5.74) is 0.599. The average Bonchev–Trinajstić information content (AvgIpc) is 2.60. The van der Waals surface area contributed by atoms with Gasteiger partial charge in [0.15, 0.2) is 0 Å². The predicted octanol–water partition coefficient (Wildman–Crippen LogP) is 5.80. The van der Waals surface area contributed by atoms with Crippen LogP contribution in [0.15, 0.2) is 54.6 Å². The first-order valence-corrected chi connectivity index (χ1v) is 8.29. The Kier molecular flexibility index (Phi) is 6.77. The molecule has 8 heteroatoms. The highest BCUT2D eigenvalue weighted by Crippen LogP contribution is 2.32. The summed E-state index contributed by atoms with van der Waals surface area (Å²) in [7, 11) is 0. The summed E-state index contributed by atoms with van der Waals surface area (Å²) in [4.78, 5) is 10.4. The fraction of sp³-hybridized carbons (Fsp3) is 0.250. The molecule has 2 aromatic carbocycles. The summed E-state index contributed by atoms with van der Waals surface area (Å²) >= 11 is 0. The van der Waals surface area contributed by atoms with Gasteiger partial charge in [-0.05, 0) is 54.3 Å². The molecule has 0 aromatic heterocycles. The van der Waals surface area contributed by atoms with E-state index in [0.717, 1.165) is 18.2 Å². The molecule has 0 spiro atoms. The first-order chi connectivity index (χ1) is 13.0. The highest BCUT2D eigenvalue weighted by atomic mass is 19.4. The van der Waals surface area contributed by atoms with Crippen molar-refractivity contribution in [2.45, 2.75) is 31.5 Å². The first kappa shape index (κ1) is 21.4. The fourth-order valence-electron chi connectivity index (χ4n) is 2.38. The molecule has 0 aliphatic rings. The van der Waals surface area contributed by atoms with E-state index in [1.807, 2.05) is 0 Å². The third-order valence-electron chi connectivity index (χ3n) is 3.76. The van der Waals surface area contributed by atoms with Gasteiger partial charge in [0, 0.05) is 12.5 Å². The summed E-state index contributed by atoms with van der Waals surface area (Å²) in [6, 6.07) is 10.3. The smallest absolute Gasteiger partial charge is 0.426 e. The normalized spacial score (nSPS) is 12.3. The van der Waals surface area contributed by atoms with Crippen molar-refractivity contribution >= 4 is 12.0 Å². The number of aryl methyl sites for hydroxylation is 1. The van der Waals surface area contributed by atoms with Gasteiger partial charge in [0.05, 0.1) is 5.56 Å². The van der Waals surface area contributed by atoms with Crippen LogP contribution in [0.2, 0.25) is 0 Å². The van der Waals surface area contributed by atoms with Crippen LogP contribution in [0.1, 0.15) is 29.5 Å². The maximum Gasteiger partial charge on any atom is 0.426 e. The molecule has 0 radical (unpaired) electrons. The quantitative estimate of drug-likeness (QED) is 0.450. The van der Waals surface area contributed by atoms with Crippen LogP contribution in [-0.4, -0.2) is 17.3 Å². The van der Waals surface area contributed by atoms with E-state index in [9.17, 15) is 26.7 Å². The largest absolute Gasteiger partial charge is 0.478 e. The Morgan fingerprint density at radius 1 is 0.964 bits per heavy atom. The number of carboxylic acid groups (broad SMARTS) is 1. The van der Waals surface area contributed by atoms with E-state index < -0.39 is 30.2 Å². The zero-order valence-electron chi connectivity index (χ0n) is 14.5. The molecule has 3 nitrogen and oxygen atoms in total. The van der Waals surface area contributed by atoms with Crippen molar-refractivity contribution in [2.24, 2.45) is 0 Å². The van der Waals surface area contributed by atoms with Crippen LogP contribution in [0.3, 0.4) is 0 Å². The maximum atomic E-state index is 14.3. The lowest BCUT2D eigenvalue weighted by atomic mass is 10.1. The van der Waals surface area contributed by atoms with Crippen molar-refractivity contribution in [3.63, 3.8) is 0 Å². The number of carbonyl (C=O) groups is 1. The molecule has 1 N–H and O–H groups in total. The summed E-state index contributed by atoms with van der Waals surface area (Å²) in [5.74, 6) is -1.25. The number of halogens is 5. The van der Waals surface area contributed by atoms with Crippen LogP contribution in [0, 0.1) is 0 Å². The second-order valence-electron chi connectivity index (χ2n) is 6.03. The van der Waals surface area contributed by atoms with Crippen molar-refractivity contribution in [3.05, 3.63) is 71.3 Å². The molecule has 0 amide bonds. The summed E-state index contributed by atoms with van der Waals surface area (Å²) in [6.45, 7) is 0. The lowest BCUT2D eigenvalue weighted by molar-refractivity contribution is -0.185. The molecule has 2 rings (SSSR count). The zero-order valence-corrected chi connectivity index (χ0v) is 14.5. The van der Waals surface area contributed by atoms with Gasteiger partial charge in [-0.3, -0.25) is 0 Å². The van der Waals surface area contributed by atoms with E-state index in [0.29, 0.717) is 11.1 Å².